The van der Waals surface area contributed by atoms with Crippen molar-refractivity contribution in [2.24, 2.45) is 7.05 Å². The Kier molecular flexibility index (Phi) is 4.13. The Labute approximate surface area is 130 Å². The van der Waals surface area contributed by atoms with E-state index in [0.29, 0.717) is 0 Å². The molecular weight excluding hydrogens is 276 g/mol. The second kappa shape index (κ2) is 6.22. The number of carbonyl (C=O) groups excluding carboxylic acids is 1. The maximum atomic E-state index is 12.1. The zero-order chi connectivity index (χ0) is 15.5. The fourth-order valence-electron chi connectivity index (χ4n) is 2.95. The van der Waals surface area contributed by atoms with Gasteiger partial charge in [-0.3, -0.25) is 4.68 Å². The Balaban J connectivity index is 1.63. The molecule has 2 N–H and O–H groups in total. The number of hydrogen-bond donors (Lipinski definition) is 2. The average molecular weight is 298 g/mol. The molecule has 0 saturated carbocycles. The van der Waals surface area contributed by atoms with E-state index in [1.54, 1.807) is 6.20 Å². The van der Waals surface area contributed by atoms with Gasteiger partial charge in [-0.05, 0) is 50.8 Å². The van der Waals surface area contributed by atoms with Crippen LogP contribution in [0.1, 0.15) is 32.6 Å². The number of aryl methyl sites for hydroxylation is 1. The van der Waals surface area contributed by atoms with Crippen LogP contribution in [0.2, 0.25) is 0 Å². The largest absolute Gasteiger partial charge is 0.332 e. The molecule has 0 saturated heterocycles. The minimum absolute atomic E-state index is 0.0856. The number of amides is 2. The molecule has 1 aliphatic rings. The maximum absolute atomic E-state index is 12.1. The van der Waals surface area contributed by atoms with E-state index in [1.807, 2.05) is 36.9 Å². The van der Waals surface area contributed by atoms with Crippen molar-refractivity contribution >= 4 is 22.6 Å². The second-order valence-electron chi connectivity index (χ2n) is 5.89. The van der Waals surface area contributed by atoms with Crippen molar-refractivity contribution in [3.05, 3.63) is 36.0 Å². The van der Waals surface area contributed by atoms with Crippen LogP contribution in [-0.4, -0.2) is 21.9 Å². The number of anilines is 1. The molecule has 0 spiro atoms. The number of urea groups is 1. The minimum Gasteiger partial charge on any atom is -0.332 e. The van der Waals surface area contributed by atoms with Gasteiger partial charge in [-0.2, -0.15) is 5.10 Å². The van der Waals surface area contributed by atoms with Gasteiger partial charge < -0.3 is 10.6 Å². The Morgan fingerprint density at radius 3 is 3.00 bits per heavy atom. The Hall–Kier alpha value is -2.30. The zero-order valence-electron chi connectivity index (χ0n) is 13.1. The van der Waals surface area contributed by atoms with Crippen LogP contribution in [0, 0.1) is 0 Å². The van der Waals surface area contributed by atoms with E-state index in [1.165, 1.54) is 18.4 Å². The molecule has 1 aromatic heterocycles. The van der Waals surface area contributed by atoms with Crippen molar-refractivity contribution in [3.8, 4) is 0 Å². The van der Waals surface area contributed by atoms with Gasteiger partial charge in [0.1, 0.15) is 0 Å². The predicted octanol–water partition coefficient (Wildman–Crippen LogP) is 3.58. The number of allylic oxidation sites excluding steroid dienone is 1. The van der Waals surface area contributed by atoms with Crippen molar-refractivity contribution in [3.63, 3.8) is 0 Å². The van der Waals surface area contributed by atoms with Gasteiger partial charge >= 0.3 is 6.03 Å². The summed E-state index contributed by atoms with van der Waals surface area (Å²) in [5, 5.41) is 11.1. The summed E-state index contributed by atoms with van der Waals surface area (Å²) in [5.41, 5.74) is 3.17. The number of fused-ring (bicyclic) bond motifs is 1. The molecule has 116 valence electrons. The highest BCUT2D eigenvalue weighted by molar-refractivity contribution is 5.92. The molecule has 3 rings (SSSR count). The number of carbonyl (C=O) groups is 1. The smallest absolute Gasteiger partial charge is 0.319 e. The van der Waals surface area contributed by atoms with Crippen molar-refractivity contribution in [1.29, 1.82) is 0 Å². The Morgan fingerprint density at radius 2 is 2.23 bits per heavy atom. The van der Waals surface area contributed by atoms with Gasteiger partial charge in [0.2, 0.25) is 0 Å². The monoisotopic (exact) mass is 298 g/mol. The molecule has 1 aliphatic carbocycles. The standard InChI is InChI=1S/C17H22N4O/c1-12(13-6-4-3-5-7-13)19-17(22)20-15-8-9-16-14(10-15)11-18-21(16)2/h6,8-12H,3-5,7H2,1-2H3,(H2,19,20,22)/t12-/m1/s1. The van der Waals surface area contributed by atoms with E-state index in [4.69, 9.17) is 0 Å². The normalized spacial score (nSPS) is 16.2. The minimum atomic E-state index is -0.165. The van der Waals surface area contributed by atoms with Crippen molar-refractivity contribution in [2.45, 2.75) is 38.6 Å². The van der Waals surface area contributed by atoms with E-state index in [2.05, 4.69) is 21.8 Å². The van der Waals surface area contributed by atoms with Crippen LogP contribution < -0.4 is 10.6 Å². The molecule has 5 heteroatoms. The van der Waals surface area contributed by atoms with E-state index in [9.17, 15) is 4.79 Å². The molecule has 0 fully saturated rings. The molecule has 2 amide bonds. The van der Waals surface area contributed by atoms with Gasteiger partial charge in [-0.15, -0.1) is 0 Å². The first-order chi connectivity index (χ1) is 10.6. The van der Waals surface area contributed by atoms with Gasteiger partial charge in [-0.1, -0.05) is 11.6 Å². The summed E-state index contributed by atoms with van der Waals surface area (Å²) in [6, 6.07) is 5.72. The number of nitrogens with zero attached hydrogens (tertiary/aromatic N) is 2. The molecule has 0 bridgehead atoms. The lowest BCUT2D eigenvalue weighted by Crippen LogP contribution is -2.37. The second-order valence-corrected chi connectivity index (χ2v) is 5.89. The number of nitrogens with one attached hydrogen (secondary N) is 2. The molecule has 0 unspecified atom stereocenters. The lowest BCUT2D eigenvalue weighted by Gasteiger charge is -2.21. The molecular formula is C17H22N4O. The van der Waals surface area contributed by atoms with Gasteiger partial charge in [0.05, 0.1) is 11.7 Å². The van der Waals surface area contributed by atoms with E-state index < -0.39 is 0 Å². The predicted molar refractivity (Wildman–Crippen MR) is 88.9 cm³/mol. The Bertz CT molecular complexity index is 717. The Morgan fingerprint density at radius 1 is 1.36 bits per heavy atom. The van der Waals surface area contributed by atoms with Gasteiger partial charge in [0, 0.05) is 24.2 Å². The molecule has 22 heavy (non-hydrogen) atoms. The first-order valence-electron chi connectivity index (χ1n) is 7.82. The van der Waals surface area contributed by atoms with Crippen LogP contribution in [0.5, 0.6) is 0 Å². The number of aromatic nitrogens is 2. The zero-order valence-corrected chi connectivity index (χ0v) is 13.1. The summed E-state index contributed by atoms with van der Waals surface area (Å²) >= 11 is 0. The van der Waals surface area contributed by atoms with Gasteiger partial charge in [0.25, 0.3) is 0 Å². The molecule has 0 aliphatic heterocycles. The fourth-order valence-corrected chi connectivity index (χ4v) is 2.95. The number of benzene rings is 1. The fraction of sp³-hybridized carbons (Fsp3) is 0.412. The van der Waals surface area contributed by atoms with Crippen LogP contribution in [0.3, 0.4) is 0 Å². The third-order valence-electron chi connectivity index (χ3n) is 4.23. The van der Waals surface area contributed by atoms with Gasteiger partial charge in [0.15, 0.2) is 0 Å². The lowest BCUT2D eigenvalue weighted by atomic mass is 9.95. The van der Waals surface area contributed by atoms with Crippen LogP contribution in [0.15, 0.2) is 36.0 Å². The van der Waals surface area contributed by atoms with Crippen molar-refractivity contribution in [2.75, 3.05) is 5.32 Å². The highest BCUT2D eigenvalue weighted by atomic mass is 16.2. The van der Waals surface area contributed by atoms with Crippen LogP contribution in [0.4, 0.5) is 10.5 Å². The maximum Gasteiger partial charge on any atom is 0.319 e. The first-order valence-corrected chi connectivity index (χ1v) is 7.82. The van der Waals surface area contributed by atoms with Crippen molar-refractivity contribution < 1.29 is 4.79 Å². The number of hydrogen-bond acceptors (Lipinski definition) is 2. The molecule has 1 heterocycles. The summed E-state index contributed by atoms with van der Waals surface area (Å²) in [6.45, 7) is 2.04. The van der Waals surface area contributed by atoms with Crippen LogP contribution in [-0.2, 0) is 7.05 Å². The first kappa shape index (κ1) is 14.6. The van der Waals surface area contributed by atoms with E-state index in [0.717, 1.165) is 29.4 Å². The highest BCUT2D eigenvalue weighted by Gasteiger charge is 2.14. The van der Waals surface area contributed by atoms with E-state index in [-0.39, 0.29) is 12.1 Å². The number of rotatable bonds is 3. The van der Waals surface area contributed by atoms with Crippen LogP contribution in [0.25, 0.3) is 10.9 Å². The lowest BCUT2D eigenvalue weighted by molar-refractivity contribution is 0.250. The molecule has 0 radical (unpaired) electrons. The highest BCUT2D eigenvalue weighted by Crippen LogP contribution is 2.21. The molecule has 5 nitrogen and oxygen atoms in total. The summed E-state index contributed by atoms with van der Waals surface area (Å²) in [4.78, 5) is 12.1. The third kappa shape index (κ3) is 3.13. The molecule has 1 aromatic carbocycles. The summed E-state index contributed by atoms with van der Waals surface area (Å²) < 4.78 is 1.82. The van der Waals surface area contributed by atoms with Crippen molar-refractivity contribution in [1.82, 2.24) is 15.1 Å². The third-order valence-corrected chi connectivity index (χ3v) is 4.23. The molecule has 2 aromatic rings. The van der Waals surface area contributed by atoms with E-state index >= 15 is 0 Å². The van der Waals surface area contributed by atoms with Crippen LogP contribution >= 0.6 is 0 Å². The summed E-state index contributed by atoms with van der Waals surface area (Å²) in [7, 11) is 1.90. The molecule has 1 atom stereocenters. The topological polar surface area (TPSA) is 59.0 Å². The van der Waals surface area contributed by atoms with Gasteiger partial charge in [-0.25, -0.2) is 4.79 Å². The SMILES string of the molecule is C[C@@H](NC(=O)Nc1ccc2c(cnn2C)c1)C1=CCCCC1. The average Bonchev–Trinajstić information content (AvgIpc) is 2.89. The quantitative estimate of drug-likeness (QED) is 0.851. The summed E-state index contributed by atoms with van der Waals surface area (Å²) in [6.07, 6.45) is 8.75. The summed E-state index contributed by atoms with van der Waals surface area (Å²) in [5.74, 6) is 0.